The van der Waals surface area contributed by atoms with Crippen LogP contribution in [0.2, 0.25) is 0 Å². The van der Waals surface area contributed by atoms with Crippen LogP contribution in [0.5, 0.6) is 5.75 Å². The summed E-state index contributed by atoms with van der Waals surface area (Å²) in [7, 11) is 0. The van der Waals surface area contributed by atoms with E-state index in [1.807, 2.05) is 45.0 Å². The normalized spacial score (nSPS) is 27.8. The van der Waals surface area contributed by atoms with Crippen LogP contribution in [-0.4, -0.2) is 94.1 Å². The van der Waals surface area contributed by atoms with Crippen molar-refractivity contribution in [2.24, 2.45) is 17.8 Å². The molecule has 1 N–H and O–H groups in total. The van der Waals surface area contributed by atoms with Gasteiger partial charge in [-0.15, -0.1) is 13.2 Å². The van der Waals surface area contributed by atoms with Crippen LogP contribution in [-0.2, 0) is 19.1 Å². The molecular weight excluding hydrogens is 626 g/mol. The highest BCUT2D eigenvalue weighted by atomic mass is 79.9. The zero-order chi connectivity index (χ0) is 32.2. The number of amides is 3. The second-order valence-electron chi connectivity index (χ2n) is 12.5. The van der Waals surface area contributed by atoms with Gasteiger partial charge in [-0.2, -0.15) is 0 Å². The molecular formula is C34H48BrN3O6. The molecule has 9 nitrogen and oxygen atoms in total. The minimum Gasteiger partial charge on any atom is -0.494 e. The summed E-state index contributed by atoms with van der Waals surface area (Å²) >= 11 is 3.77. The lowest BCUT2D eigenvalue weighted by Crippen LogP contribution is -2.59. The maximum absolute atomic E-state index is 14.6. The Kier molecular flexibility index (Phi) is 11.3. The van der Waals surface area contributed by atoms with E-state index in [1.165, 1.54) is 0 Å². The highest BCUT2D eigenvalue weighted by Gasteiger charge is 2.77. The lowest BCUT2D eigenvalue weighted by molar-refractivity contribution is -0.151. The third kappa shape index (κ3) is 6.22. The van der Waals surface area contributed by atoms with Crippen LogP contribution in [0.1, 0.15) is 53.4 Å². The molecule has 4 rings (SSSR count). The second kappa shape index (κ2) is 14.6. The Hall–Kier alpha value is -2.69. The maximum atomic E-state index is 14.6. The molecule has 0 radical (unpaired) electrons. The third-order valence-corrected chi connectivity index (χ3v) is 9.92. The number of nitrogens with zero attached hydrogens (tertiary/aromatic N) is 3. The van der Waals surface area contributed by atoms with Crippen molar-refractivity contribution in [1.82, 2.24) is 9.80 Å². The highest BCUT2D eigenvalue weighted by molar-refractivity contribution is 9.09. The molecule has 3 aliphatic rings. The van der Waals surface area contributed by atoms with Gasteiger partial charge in [0.15, 0.2) is 0 Å². The van der Waals surface area contributed by atoms with Crippen molar-refractivity contribution < 1.29 is 29.0 Å². The van der Waals surface area contributed by atoms with Crippen LogP contribution >= 0.6 is 15.9 Å². The number of aliphatic hydroxyl groups excluding tert-OH is 1. The average Bonchev–Trinajstić information content (AvgIpc) is 3.60. The van der Waals surface area contributed by atoms with E-state index < -0.39 is 35.6 Å². The summed E-state index contributed by atoms with van der Waals surface area (Å²) in [4.78, 5) is 48.4. The number of carbonyl (C=O) groups is 3. The highest BCUT2D eigenvalue weighted by Crippen LogP contribution is 2.61. The number of anilines is 1. The van der Waals surface area contributed by atoms with Gasteiger partial charge in [0.05, 0.1) is 37.2 Å². The SMILES string of the molecule is C=CCN(CCCC)C(=O)C1N([C@@H](CO)CC(C)C)C(=O)[C@@H]2[C@H](C(=O)N(CC=C)c3ccc(OCC)cc3)[C@H]3OC12CC3Br. The van der Waals surface area contributed by atoms with E-state index in [4.69, 9.17) is 9.47 Å². The second-order valence-corrected chi connectivity index (χ2v) is 13.6. The van der Waals surface area contributed by atoms with Gasteiger partial charge >= 0.3 is 0 Å². The fourth-order valence-electron chi connectivity index (χ4n) is 7.33. The quantitative estimate of drug-likeness (QED) is 0.204. The van der Waals surface area contributed by atoms with Crippen LogP contribution in [0.4, 0.5) is 5.69 Å². The van der Waals surface area contributed by atoms with Gasteiger partial charge < -0.3 is 29.3 Å². The molecule has 1 aromatic carbocycles. The van der Waals surface area contributed by atoms with Gasteiger partial charge in [0.1, 0.15) is 17.4 Å². The molecule has 3 fully saturated rings. The van der Waals surface area contributed by atoms with Crippen LogP contribution in [0.25, 0.3) is 0 Å². The predicted molar refractivity (Wildman–Crippen MR) is 175 cm³/mol. The van der Waals surface area contributed by atoms with Gasteiger partial charge in [-0.25, -0.2) is 0 Å². The van der Waals surface area contributed by atoms with Crippen molar-refractivity contribution in [3.8, 4) is 5.75 Å². The number of aliphatic hydroxyl groups is 1. The molecule has 3 heterocycles. The minimum atomic E-state index is -1.21. The smallest absolute Gasteiger partial charge is 0.248 e. The monoisotopic (exact) mass is 673 g/mol. The first-order valence-electron chi connectivity index (χ1n) is 15.9. The number of hydrogen-bond donors (Lipinski definition) is 1. The lowest BCUT2D eigenvalue weighted by atomic mass is 9.70. The standard InChI is InChI=1S/C34H48BrN3O6/c1-7-11-18-36(16-8-2)33(42)30-34-20-26(35)29(44-34)27(28(34)32(41)38(30)24(21-39)19-22(5)6)31(40)37(17-9-3)23-12-14-25(15-13-23)43-10-4/h8-9,12-15,22,24,26-30,39H,2-3,7,10-11,16-21H2,1,4-6H3/t24-,26?,27+,28+,29+,30?,34?/m1/s1. The molecule has 3 aliphatic heterocycles. The molecule has 0 aromatic heterocycles. The number of benzene rings is 1. The molecule has 3 unspecified atom stereocenters. The summed E-state index contributed by atoms with van der Waals surface area (Å²) in [6, 6.07) is 5.72. The molecule has 0 aliphatic carbocycles. The number of hydrogen-bond acceptors (Lipinski definition) is 6. The molecule has 3 saturated heterocycles. The van der Waals surface area contributed by atoms with Crippen molar-refractivity contribution in [1.29, 1.82) is 0 Å². The summed E-state index contributed by atoms with van der Waals surface area (Å²) in [5.74, 6) is -1.61. The minimum absolute atomic E-state index is 0.166. The van der Waals surface area contributed by atoms with E-state index in [9.17, 15) is 19.5 Å². The summed E-state index contributed by atoms with van der Waals surface area (Å²) in [6.07, 6.45) is 5.38. The zero-order valence-corrected chi connectivity index (χ0v) is 28.1. The van der Waals surface area contributed by atoms with Crippen molar-refractivity contribution in [2.75, 3.05) is 37.7 Å². The predicted octanol–water partition coefficient (Wildman–Crippen LogP) is 4.57. The largest absolute Gasteiger partial charge is 0.494 e. The Balaban J connectivity index is 1.80. The molecule has 10 heteroatoms. The number of fused-ring (bicyclic) bond motifs is 1. The first-order chi connectivity index (χ1) is 21.1. The number of alkyl halides is 1. The van der Waals surface area contributed by atoms with E-state index in [-0.39, 0.29) is 41.6 Å². The van der Waals surface area contributed by atoms with Crippen molar-refractivity contribution in [3.05, 3.63) is 49.6 Å². The molecule has 7 atom stereocenters. The number of rotatable bonds is 16. The number of ether oxygens (including phenoxy) is 2. The summed E-state index contributed by atoms with van der Waals surface area (Å²) in [5, 5.41) is 10.6. The summed E-state index contributed by atoms with van der Waals surface area (Å²) < 4.78 is 12.3. The van der Waals surface area contributed by atoms with E-state index in [2.05, 4.69) is 36.0 Å². The Labute approximate surface area is 270 Å². The topological polar surface area (TPSA) is 99.6 Å². The van der Waals surface area contributed by atoms with Gasteiger partial charge in [0.25, 0.3) is 0 Å². The van der Waals surface area contributed by atoms with E-state index >= 15 is 0 Å². The Morgan fingerprint density at radius 1 is 1.18 bits per heavy atom. The van der Waals surface area contributed by atoms with Crippen molar-refractivity contribution >= 4 is 39.3 Å². The first kappa shape index (κ1) is 34.2. The Morgan fingerprint density at radius 3 is 2.43 bits per heavy atom. The number of unbranched alkanes of at least 4 members (excludes halogenated alkanes) is 1. The molecule has 2 bridgehead atoms. The molecule has 0 saturated carbocycles. The number of halogens is 1. The number of carbonyl (C=O) groups excluding carboxylic acids is 3. The maximum Gasteiger partial charge on any atom is 0.248 e. The molecule has 1 aromatic rings. The van der Waals surface area contributed by atoms with E-state index in [0.717, 1.165) is 12.8 Å². The fourth-order valence-corrected chi connectivity index (χ4v) is 8.28. The van der Waals surface area contributed by atoms with Gasteiger partial charge in [-0.3, -0.25) is 14.4 Å². The van der Waals surface area contributed by atoms with Crippen LogP contribution in [0.15, 0.2) is 49.6 Å². The van der Waals surface area contributed by atoms with Gasteiger partial charge in [0.2, 0.25) is 17.7 Å². The van der Waals surface area contributed by atoms with Crippen molar-refractivity contribution in [3.63, 3.8) is 0 Å². The average molecular weight is 675 g/mol. The summed E-state index contributed by atoms with van der Waals surface area (Å²) in [6.45, 7) is 17.1. The zero-order valence-electron chi connectivity index (χ0n) is 26.5. The number of likely N-dealkylation sites (tertiary alicyclic amines) is 1. The van der Waals surface area contributed by atoms with Crippen molar-refractivity contribution in [2.45, 2.75) is 82.0 Å². The van der Waals surface area contributed by atoms with Crippen LogP contribution in [0, 0.1) is 17.8 Å². The molecule has 242 valence electrons. The molecule has 3 amide bonds. The van der Waals surface area contributed by atoms with Gasteiger partial charge in [-0.05, 0) is 56.4 Å². The Morgan fingerprint density at radius 2 is 1.86 bits per heavy atom. The van der Waals surface area contributed by atoms with Gasteiger partial charge in [-0.1, -0.05) is 55.3 Å². The summed E-state index contributed by atoms with van der Waals surface area (Å²) in [5.41, 5.74) is -0.553. The van der Waals surface area contributed by atoms with Crippen LogP contribution in [0.3, 0.4) is 0 Å². The van der Waals surface area contributed by atoms with E-state index in [1.54, 1.807) is 26.9 Å². The van der Waals surface area contributed by atoms with Gasteiger partial charge in [0, 0.05) is 30.1 Å². The van der Waals surface area contributed by atoms with Crippen LogP contribution < -0.4 is 9.64 Å². The lowest BCUT2D eigenvalue weighted by Gasteiger charge is -2.40. The van der Waals surface area contributed by atoms with E-state index in [0.29, 0.717) is 44.0 Å². The fraction of sp³-hybridized carbons (Fsp3) is 0.618. The third-order valence-electron chi connectivity index (χ3n) is 9.07. The molecule has 44 heavy (non-hydrogen) atoms. The molecule has 1 spiro atoms. The Bertz CT molecular complexity index is 1210. The first-order valence-corrected chi connectivity index (χ1v) is 16.8.